The number of benzene rings is 2. The van der Waals surface area contributed by atoms with Gasteiger partial charge in [0.15, 0.2) is 0 Å². The second kappa shape index (κ2) is 9.96. The van der Waals surface area contributed by atoms with Crippen molar-refractivity contribution in [3.8, 4) is 5.75 Å². The summed E-state index contributed by atoms with van der Waals surface area (Å²) in [6.07, 6.45) is -0.322. The van der Waals surface area contributed by atoms with Gasteiger partial charge in [-0.05, 0) is 28.7 Å². The van der Waals surface area contributed by atoms with Crippen LogP contribution in [0, 0.1) is 0 Å². The van der Waals surface area contributed by atoms with Crippen LogP contribution in [0.25, 0.3) is 0 Å². The van der Waals surface area contributed by atoms with Crippen LogP contribution in [-0.4, -0.2) is 16.5 Å². The zero-order valence-electron chi connectivity index (χ0n) is 14.1. The van der Waals surface area contributed by atoms with Gasteiger partial charge in [0.05, 0.1) is 0 Å². The first-order chi connectivity index (χ1) is 11.6. The Kier molecular flexibility index (Phi) is 8.96. The molecule has 3 nitrogen and oxygen atoms in total. The van der Waals surface area contributed by atoms with Crippen LogP contribution in [0.3, 0.4) is 0 Å². The average Bonchev–Trinajstić information content (AvgIpc) is 2.53. The molecule has 7 heteroatoms. The predicted molar refractivity (Wildman–Crippen MR) is 100 cm³/mol. The molecule has 1 unspecified atom stereocenters. The third-order valence-corrected chi connectivity index (χ3v) is 3.61. The van der Waals surface area contributed by atoms with Crippen molar-refractivity contribution in [1.29, 1.82) is 0 Å². The van der Waals surface area contributed by atoms with Crippen molar-refractivity contribution in [2.75, 3.05) is 0 Å². The second-order valence-electron chi connectivity index (χ2n) is 6.39. The Morgan fingerprint density at radius 1 is 1.04 bits per heavy atom. The molecule has 0 saturated heterocycles. The van der Waals surface area contributed by atoms with Crippen LogP contribution < -0.4 is 0 Å². The number of halogens is 3. The summed E-state index contributed by atoms with van der Waals surface area (Å²) >= 11 is -1.92. The number of carbonyl (C=O) groups excluding carboxylic acids is 1. The van der Waals surface area contributed by atoms with E-state index in [4.69, 9.17) is 27.9 Å². The van der Waals surface area contributed by atoms with E-state index >= 15 is 0 Å². The Bertz CT molecular complexity index is 712. The Morgan fingerprint density at radius 2 is 1.60 bits per heavy atom. The van der Waals surface area contributed by atoms with E-state index in [2.05, 4.69) is 20.8 Å². The SMILES string of the molecule is CC(C)(C)c1ccc(O)c(C(O)c2ccccc2C=O)c1.[Cl][Ti]([Cl])[Cl]. The molecule has 0 aromatic heterocycles. The van der Waals surface area contributed by atoms with Gasteiger partial charge in [-0.3, -0.25) is 4.79 Å². The maximum absolute atomic E-state index is 11.1. The number of aldehydes is 1. The van der Waals surface area contributed by atoms with Crippen LogP contribution in [0.5, 0.6) is 5.75 Å². The normalized spacial score (nSPS) is 12.0. The van der Waals surface area contributed by atoms with Gasteiger partial charge >= 0.3 is 42.6 Å². The van der Waals surface area contributed by atoms with E-state index in [1.807, 2.05) is 6.07 Å². The summed E-state index contributed by atoms with van der Waals surface area (Å²) in [5, 5.41) is 20.6. The van der Waals surface area contributed by atoms with Crippen molar-refractivity contribution in [2.24, 2.45) is 0 Å². The molecule has 0 saturated carbocycles. The van der Waals surface area contributed by atoms with Crippen LogP contribution >= 0.6 is 27.9 Å². The molecule has 0 bridgehead atoms. The van der Waals surface area contributed by atoms with E-state index < -0.39 is 20.8 Å². The molecular formula is C18H20Cl3O3Ti. The van der Waals surface area contributed by atoms with Crippen LogP contribution in [0.2, 0.25) is 0 Å². The molecule has 0 fully saturated rings. The van der Waals surface area contributed by atoms with Gasteiger partial charge in [0, 0.05) is 11.1 Å². The molecule has 25 heavy (non-hydrogen) atoms. The number of phenols is 1. The molecule has 1 atom stereocenters. The van der Waals surface area contributed by atoms with E-state index in [-0.39, 0.29) is 11.2 Å². The molecule has 2 rings (SSSR count). The van der Waals surface area contributed by atoms with E-state index in [1.165, 1.54) is 0 Å². The van der Waals surface area contributed by atoms with Crippen molar-refractivity contribution in [3.05, 3.63) is 64.7 Å². The second-order valence-corrected chi connectivity index (χ2v) is 14.1. The van der Waals surface area contributed by atoms with Gasteiger partial charge in [-0.2, -0.15) is 0 Å². The molecule has 135 valence electrons. The first-order valence-corrected chi connectivity index (χ1v) is 13.9. The summed E-state index contributed by atoms with van der Waals surface area (Å²) in [5.74, 6) is 0.0243. The molecule has 0 spiro atoms. The number of aliphatic hydroxyl groups is 1. The van der Waals surface area contributed by atoms with Gasteiger partial charge in [0.25, 0.3) is 0 Å². The zero-order chi connectivity index (χ0) is 19.2. The fraction of sp³-hybridized carbons (Fsp3) is 0.278. The van der Waals surface area contributed by atoms with Crippen molar-refractivity contribution >= 4 is 34.2 Å². The molecule has 0 aliphatic heterocycles. The van der Waals surface area contributed by atoms with E-state index in [0.717, 1.165) is 5.56 Å². The Balaban J connectivity index is 0.000000705. The molecule has 0 aliphatic carbocycles. The van der Waals surface area contributed by atoms with Crippen LogP contribution in [0.15, 0.2) is 42.5 Å². The molecule has 0 radical (unpaired) electrons. The number of rotatable bonds is 3. The first-order valence-electron chi connectivity index (χ1n) is 7.47. The number of aromatic hydroxyl groups is 1. The quantitative estimate of drug-likeness (QED) is 0.481. The molecular weight excluding hydrogens is 418 g/mol. The summed E-state index contributed by atoms with van der Waals surface area (Å²) in [6, 6.07) is 12.1. The van der Waals surface area contributed by atoms with Gasteiger partial charge in [-0.15, -0.1) is 0 Å². The third-order valence-electron chi connectivity index (χ3n) is 3.61. The number of hydrogen-bond donors (Lipinski definition) is 2. The number of carbonyl (C=O) groups is 1. The van der Waals surface area contributed by atoms with Gasteiger partial charge in [0.2, 0.25) is 0 Å². The molecule has 2 aromatic carbocycles. The average molecular weight is 439 g/mol. The minimum absolute atomic E-state index is 0.0243. The van der Waals surface area contributed by atoms with E-state index in [1.54, 1.807) is 36.4 Å². The van der Waals surface area contributed by atoms with Gasteiger partial charge in [-0.25, -0.2) is 0 Å². The van der Waals surface area contributed by atoms with Crippen LogP contribution in [-0.2, 0) is 20.1 Å². The standard InChI is InChI=1S/C18H20O3.3ClH.Ti/c1-18(2,3)13-8-9-16(20)15(10-13)17(21)14-7-5-4-6-12(14)11-19;;;;/h4-11,17,20-21H,1-3H3;3*1H;/q;;;;+3/p-3. The molecule has 2 N–H and O–H groups in total. The van der Waals surface area contributed by atoms with Crippen molar-refractivity contribution in [2.45, 2.75) is 32.3 Å². The monoisotopic (exact) mass is 437 g/mol. The predicted octanol–water partition coefficient (Wildman–Crippen LogP) is 5.65. The first kappa shape index (κ1) is 22.5. The Labute approximate surface area is 166 Å². The van der Waals surface area contributed by atoms with Gasteiger partial charge < -0.3 is 10.2 Å². The van der Waals surface area contributed by atoms with Crippen LogP contribution in [0.1, 0.15) is 53.9 Å². The summed E-state index contributed by atoms with van der Waals surface area (Å²) in [6.45, 7) is 6.19. The Hall–Kier alpha value is -0.546. The third kappa shape index (κ3) is 6.94. The zero-order valence-corrected chi connectivity index (χ0v) is 18.0. The van der Waals surface area contributed by atoms with Crippen molar-refractivity contribution in [1.82, 2.24) is 0 Å². The summed E-state index contributed by atoms with van der Waals surface area (Å²) in [5.41, 5.74) is 2.25. The van der Waals surface area contributed by atoms with E-state index in [0.29, 0.717) is 23.0 Å². The fourth-order valence-electron chi connectivity index (χ4n) is 2.27. The van der Waals surface area contributed by atoms with E-state index in [9.17, 15) is 15.0 Å². The number of phenolic OH excluding ortho intramolecular Hbond substituents is 1. The maximum atomic E-state index is 11.1. The fourth-order valence-corrected chi connectivity index (χ4v) is 2.27. The topological polar surface area (TPSA) is 57.5 Å². The van der Waals surface area contributed by atoms with Crippen molar-refractivity contribution < 1.29 is 29.7 Å². The summed E-state index contributed by atoms with van der Waals surface area (Å²) < 4.78 is 0. The summed E-state index contributed by atoms with van der Waals surface area (Å²) in [7, 11) is 14.9. The minimum atomic E-state index is -1.92. The summed E-state index contributed by atoms with van der Waals surface area (Å²) in [4.78, 5) is 11.1. The van der Waals surface area contributed by atoms with Gasteiger partial charge in [0.1, 0.15) is 18.1 Å². The number of aliphatic hydroxyl groups excluding tert-OH is 1. The molecule has 2 aromatic rings. The molecule has 0 heterocycles. The molecule has 0 amide bonds. The number of hydrogen-bond acceptors (Lipinski definition) is 3. The Morgan fingerprint density at radius 3 is 2.12 bits per heavy atom. The molecule has 0 aliphatic rings. The van der Waals surface area contributed by atoms with Crippen LogP contribution in [0.4, 0.5) is 0 Å². The van der Waals surface area contributed by atoms with Crippen molar-refractivity contribution in [3.63, 3.8) is 0 Å². The van der Waals surface area contributed by atoms with Gasteiger partial charge in [-0.1, -0.05) is 51.1 Å².